The fourth-order valence-electron chi connectivity index (χ4n) is 16.0. The second kappa shape index (κ2) is 13.7. The van der Waals surface area contributed by atoms with Crippen molar-refractivity contribution < 1.29 is 23.9 Å². The van der Waals surface area contributed by atoms with E-state index in [1.807, 2.05) is 34.6 Å². The smallest absolute Gasteiger partial charge is 0.312 e. The predicted octanol–water partition coefficient (Wildman–Crippen LogP) is 12.2. The minimum Gasteiger partial charge on any atom is -0.462 e. The van der Waals surface area contributed by atoms with Gasteiger partial charge < -0.3 is 9.47 Å². The number of fused-ring (bicyclic) bond motifs is 10. The van der Waals surface area contributed by atoms with Gasteiger partial charge in [0.1, 0.15) is 18.0 Å². The van der Waals surface area contributed by atoms with E-state index in [1.54, 1.807) is 0 Å². The molecule has 0 aromatic carbocycles. The number of esters is 2. The lowest BCUT2D eigenvalue weighted by molar-refractivity contribution is -0.184. The molecule has 5 nitrogen and oxygen atoms in total. The van der Waals surface area contributed by atoms with Gasteiger partial charge in [-0.2, -0.15) is 0 Å². The molecule has 0 radical (unpaired) electrons. The highest BCUT2D eigenvalue weighted by molar-refractivity contribution is 5.87. The molecule has 5 heteroatoms. The lowest BCUT2D eigenvalue weighted by Crippen LogP contribution is -2.52. The maximum Gasteiger partial charge on any atom is 0.312 e. The van der Waals surface area contributed by atoms with Gasteiger partial charge in [-0.15, -0.1) is 0 Å². The highest BCUT2D eigenvalue weighted by atomic mass is 16.6. The third-order valence-electron chi connectivity index (χ3n) is 20.3. The molecule has 6 saturated carbocycles. The minimum atomic E-state index is -1.04. The topological polar surface area (TPSA) is 69.7 Å². The van der Waals surface area contributed by atoms with Crippen LogP contribution in [0.4, 0.5) is 0 Å². The van der Waals surface area contributed by atoms with Crippen LogP contribution in [0.5, 0.6) is 0 Å². The summed E-state index contributed by atoms with van der Waals surface area (Å²) in [5, 5.41) is 0. The SMILES string of the molecule is C=C(C)C1CCC2C3CC=C4CC(OC(=O)C(C)(C)C(C)(C)C(=O)OC5CCC6(C)C(=CCC7C6CCC6(C)C(C(C)=O)CCC76)C5)CCC4(C)C3CCC12C. The molecule has 0 aliphatic heterocycles. The van der Waals surface area contributed by atoms with E-state index in [4.69, 9.17) is 9.47 Å². The number of allylic oxidation sites excluding steroid dienone is 3. The van der Waals surface area contributed by atoms with Gasteiger partial charge in [0.2, 0.25) is 0 Å². The van der Waals surface area contributed by atoms with Crippen LogP contribution in [-0.4, -0.2) is 29.9 Å². The van der Waals surface area contributed by atoms with Crippen LogP contribution in [-0.2, 0) is 23.9 Å². The molecule has 0 bridgehead atoms. The van der Waals surface area contributed by atoms with E-state index in [2.05, 4.69) is 53.3 Å². The molecule has 0 spiro atoms. The number of rotatable bonds is 7. The fraction of sp³-hybridized carbons (Fsp3) is 0.824. The van der Waals surface area contributed by atoms with Gasteiger partial charge in [0, 0.05) is 18.8 Å². The van der Waals surface area contributed by atoms with Crippen molar-refractivity contribution in [3.63, 3.8) is 0 Å². The fourth-order valence-corrected chi connectivity index (χ4v) is 16.0. The third-order valence-corrected chi connectivity index (χ3v) is 20.3. The van der Waals surface area contributed by atoms with Crippen molar-refractivity contribution in [2.24, 2.45) is 79.8 Å². The zero-order chi connectivity index (χ0) is 40.4. The number of Topliss-reactive ketones (excluding diaryl/α,β-unsaturated/α-hetero) is 1. The predicted molar refractivity (Wildman–Crippen MR) is 223 cm³/mol. The Bertz CT molecular complexity index is 1590. The first-order valence-corrected chi connectivity index (χ1v) is 23.2. The molecule has 14 unspecified atom stereocenters. The Morgan fingerprint density at radius 3 is 1.41 bits per heavy atom. The molecular formula is C51H76O5. The average Bonchev–Trinajstić information content (AvgIpc) is 3.69. The number of hydrogen-bond donors (Lipinski definition) is 0. The van der Waals surface area contributed by atoms with Gasteiger partial charge in [-0.1, -0.05) is 63.1 Å². The Morgan fingerprint density at radius 2 is 1.00 bits per heavy atom. The molecule has 56 heavy (non-hydrogen) atoms. The number of ether oxygens (including phenoxy) is 2. The van der Waals surface area contributed by atoms with Gasteiger partial charge in [0.25, 0.3) is 0 Å². The van der Waals surface area contributed by atoms with E-state index >= 15 is 0 Å². The summed E-state index contributed by atoms with van der Waals surface area (Å²) in [7, 11) is 0. The van der Waals surface area contributed by atoms with Crippen molar-refractivity contribution in [2.45, 2.75) is 184 Å². The van der Waals surface area contributed by atoms with Gasteiger partial charge in [-0.25, -0.2) is 0 Å². The molecule has 8 rings (SSSR count). The van der Waals surface area contributed by atoms with Gasteiger partial charge >= 0.3 is 11.9 Å². The minimum absolute atomic E-state index is 0.132. The quantitative estimate of drug-likeness (QED) is 0.191. The zero-order valence-electron chi connectivity index (χ0n) is 37.0. The molecule has 0 amide bonds. The molecule has 14 atom stereocenters. The first-order chi connectivity index (χ1) is 26.2. The largest absolute Gasteiger partial charge is 0.462 e. The molecule has 0 heterocycles. The summed E-state index contributed by atoms with van der Waals surface area (Å²) < 4.78 is 12.8. The van der Waals surface area contributed by atoms with E-state index in [0.29, 0.717) is 40.8 Å². The maximum atomic E-state index is 14.1. The van der Waals surface area contributed by atoms with E-state index in [1.165, 1.54) is 55.2 Å². The second-order valence-corrected chi connectivity index (χ2v) is 23.1. The van der Waals surface area contributed by atoms with Crippen LogP contribution in [0.15, 0.2) is 35.5 Å². The molecule has 0 aromatic heterocycles. The van der Waals surface area contributed by atoms with E-state index < -0.39 is 10.8 Å². The Labute approximate surface area is 340 Å². The van der Waals surface area contributed by atoms with Gasteiger partial charge in [0.05, 0.1) is 10.8 Å². The van der Waals surface area contributed by atoms with Crippen LogP contribution in [0.3, 0.4) is 0 Å². The first kappa shape index (κ1) is 40.6. The molecule has 8 aliphatic carbocycles. The third kappa shape index (κ3) is 5.89. The lowest BCUT2D eigenvalue weighted by Gasteiger charge is -2.58. The Balaban J connectivity index is 0.886. The number of hydrogen-bond acceptors (Lipinski definition) is 5. The summed E-state index contributed by atoms with van der Waals surface area (Å²) in [6, 6.07) is 0. The van der Waals surface area contributed by atoms with E-state index in [-0.39, 0.29) is 46.3 Å². The first-order valence-electron chi connectivity index (χ1n) is 23.2. The summed E-state index contributed by atoms with van der Waals surface area (Å²) in [5.74, 6) is 4.85. The molecule has 0 saturated heterocycles. The van der Waals surface area contributed by atoms with E-state index in [0.717, 1.165) is 76.0 Å². The number of ketones is 1. The maximum absolute atomic E-state index is 14.1. The molecule has 0 aromatic rings. The summed E-state index contributed by atoms with van der Waals surface area (Å²) in [6.45, 7) is 26.0. The van der Waals surface area contributed by atoms with Crippen molar-refractivity contribution >= 4 is 17.7 Å². The summed E-state index contributed by atoms with van der Waals surface area (Å²) in [5.41, 5.74) is 3.14. The van der Waals surface area contributed by atoms with Gasteiger partial charge in [-0.3, -0.25) is 14.4 Å². The lowest BCUT2D eigenvalue weighted by atomic mass is 9.47. The summed E-state index contributed by atoms with van der Waals surface area (Å²) >= 11 is 0. The Morgan fingerprint density at radius 1 is 0.589 bits per heavy atom. The van der Waals surface area contributed by atoms with Gasteiger partial charge in [0.15, 0.2) is 0 Å². The highest BCUT2D eigenvalue weighted by Crippen LogP contribution is 2.68. The van der Waals surface area contributed by atoms with Crippen molar-refractivity contribution in [2.75, 3.05) is 0 Å². The van der Waals surface area contributed by atoms with Crippen LogP contribution in [0.1, 0.15) is 172 Å². The van der Waals surface area contributed by atoms with E-state index in [9.17, 15) is 14.4 Å². The Kier molecular flexibility index (Phi) is 9.92. The number of carbonyl (C=O) groups is 3. The molecule has 8 aliphatic rings. The van der Waals surface area contributed by atoms with Crippen molar-refractivity contribution in [3.8, 4) is 0 Å². The van der Waals surface area contributed by atoms with Crippen LogP contribution in [0.2, 0.25) is 0 Å². The summed E-state index contributed by atoms with van der Waals surface area (Å²) in [6.07, 6.45) is 22.2. The van der Waals surface area contributed by atoms with Crippen LogP contribution < -0.4 is 0 Å². The van der Waals surface area contributed by atoms with Crippen molar-refractivity contribution in [1.29, 1.82) is 0 Å². The standard InChI is InChI=1S/C51H76O5/c1-30(2)38-16-18-40-36-14-12-32-28-34(20-24-48(32,8)42(36)22-26-50(38,40)10)55-44(53)46(4,5)47(6,7)45(54)56-35-21-25-49(9)33(29-35)13-15-37-41-19-17-39(31(3)52)51(41,11)27-23-43(37)49/h12-13,34-43H,1,14-29H2,2-11H3. The molecular weight excluding hydrogens is 693 g/mol. The molecule has 0 N–H and O–H groups in total. The number of carbonyl (C=O) groups excluding carboxylic acids is 3. The van der Waals surface area contributed by atoms with Crippen molar-refractivity contribution in [1.82, 2.24) is 0 Å². The van der Waals surface area contributed by atoms with Crippen LogP contribution in [0, 0.1) is 79.8 Å². The molecule has 310 valence electrons. The van der Waals surface area contributed by atoms with Crippen molar-refractivity contribution in [3.05, 3.63) is 35.5 Å². The second-order valence-electron chi connectivity index (χ2n) is 23.1. The normalized spacial score (nSPS) is 45.7. The molecule has 6 fully saturated rings. The average molecular weight is 769 g/mol. The van der Waals surface area contributed by atoms with Crippen LogP contribution in [0.25, 0.3) is 0 Å². The monoisotopic (exact) mass is 769 g/mol. The van der Waals surface area contributed by atoms with Crippen LogP contribution >= 0.6 is 0 Å². The highest BCUT2D eigenvalue weighted by Gasteiger charge is 2.61. The van der Waals surface area contributed by atoms with Gasteiger partial charge in [-0.05, 0) is 195 Å². The summed E-state index contributed by atoms with van der Waals surface area (Å²) in [4.78, 5) is 40.9. The Hall–Kier alpha value is -2.17. The zero-order valence-corrected chi connectivity index (χ0v) is 37.0.